The lowest BCUT2D eigenvalue weighted by Crippen LogP contribution is -2.34. The summed E-state index contributed by atoms with van der Waals surface area (Å²) in [5, 5.41) is 0.389. The first kappa shape index (κ1) is 17.2. The fraction of sp³-hybridized carbons (Fsp3) is 0.500. The summed E-state index contributed by atoms with van der Waals surface area (Å²) in [5.74, 6) is -0.0524. The van der Waals surface area contributed by atoms with Gasteiger partial charge in [-0.1, -0.05) is 49.6 Å². The number of amides is 1. The average Bonchev–Trinajstić information content (AvgIpc) is 2.85. The van der Waals surface area contributed by atoms with Gasteiger partial charge in [-0.3, -0.25) is 9.59 Å². The Morgan fingerprint density at radius 2 is 2.18 bits per heavy atom. The minimum Gasteiger partial charge on any atom is -0.464 e. The molecule has 0 aromatic heterocycles. The lowest BCUT2D eigenvalue weighted by molar-refractivity contribution is -0.148. The molecule has 0 N–H and O–H groups in total. The number of ether oxygens (including phenoxy) is 1. The zero-order valence-electron chi connectivity index (χ0n) is 12.6. The van der Waals surface area contributed by atoms with Gasteiger partial charge in [0.25, 0.3) is 0 Å². The molecule has 1 atom stereocenters. The Labute approximate surface area is 140 Å². The van der Waals surface area contributed by atoms with Crippen molar-refractivity contribution in [2.45, 2.75) is 31.6 Å². The summed E-state index contributed by atoms with van der Waals surface area (Å²) in [6.45, 7) is 2.49. The van der Waals surface area contributed by atoms with Gasteiger partial charge in [-0.25, -0.2) is 0 Å². The molecule has 1 saturated heterocycles. The topological polar surface area (TPSA) is 46.6 Å². The highest BCUT2D eigenvalue weighted by Crippen LogP contribution is 2.41. The quantitative estimate of drug-likeness (QED) is 0.561. The van der Waals surface area contributed by atoms with Crippen molar-refractivity contribution in [2.24, 2.45) is 0 Å². The predicted octanol–water partition coefficient (Wildman–Crippen LogP) is 3.65. The zero-order chi connectivity index (χ0) is 15.9. The number of rotatable bonds is 7. The third kappa shape index (κ3) is 4.40. The highest BCUT2D eigenvalue weighted by molar-refractivity contribution is 8.00. The van der Waals surface area contributed by atoms with Gasteiger partial charge < -0.3 is 9.64 Å². The summed E-state index contributed by atoms with van der Waals surface area (Å²) in [5.41, 5.74) is 0.860. The van der Waals surface area contributed by atoms with Crippen LogP contribution in [0.3, 0.4) is 0 Å². The molecule has 120 valence electrons. The third-order valence-corrected chi connectivity index (χ3v) is 5.03. The normalized spacial score (nSPS) is 17.8. The molecule has 1 aromatic rings. The smallest absolute Gasteiger partial charge is 0.325 e. The molecule has 2 rings (SSSR count). The van der Waals surface area contributed by atoms with Gasteiger partial charge in [0.1, 0.15) is 11.9 Å². The van der Waals surface area contributed by atoms with Gasteiger partial charge in [0.05, 0.1) is 12.4 Å². The van der Waals surface area contributed by atoms with E-state index in [0.717, 1.165) is 24.8 Å². The molecule has 22 heavy (non-hydrogen) atoms. The number of hydrogen-bond acceptors (Lipinski definition) is 4. The molecular formula is C16H20ClNO3S. The van der Waals surface area contributed by atoms with Crippen LogP contribution in [0.5, 0.6) is 0 Å². The number of benzene rings is 1. The number of carbonyl (C=O) groups excluding carboxylic acids is 2. The van der Waals surface area contributed by atoms with Crippen LogP contribution in [0.1, 0.15) is 37.1 Å². The van der Waals surface area contributed by atoms with Crippen molar-refractivity contribution in [1.29, 1.82) is 0 Å². The average molecular weight is 342 g/mol. The first-order chi connectivity index (χ1) is 10.6. The molecule has 1 unspecified atom stereocenters. The standard InChI is InChI=1S/C16H20ClNO3S/c1-2-3-6-9-21-15(20)10-18-14(19)11-22-16(18)12-7-4-5-8-13(12)17/h4-5,7-8,16H,2-3,6,9-11H2,1H3. The van der Waals surface area contributed by atoms with Gasteiger partial charge >= 0.3 is 5.97 Å². The van der Waals surface area contributed by atoms with E-state index in [0.29, 0.717) is 17.4 Å². The number of esters is 1. The van der Waals surface area contributed by atoms with Gasteiger partial charge in [0.2, 0.25) is 5.91 Å². The summed E-state index contributed by atoms with van der Waals surface area (Å²) in [7, 11) is 0. The Morgan fingerprint density at radius 1 is 1.41 bits per heavy atom. The molecule has 1 aromatic carbocycles. The lowest BCUT2D eigenvalue weighted by Gasteiger charge is -2.24. The molecule has 6 heteroatoms. The van der Waals surface area contributed by atoms with Crippen LogP contribution >= 0.6 is 23.4 Å². The van der Waals surface area contributed by atoms with E-state index in [9.17, 15) is 9.59 Å². The Bertz CT molecular complexity index is 538. The van der Waals surface area contributed by atoms with Crippen molar-refractivity contribution in [1.82, 2.24) is 4.90 Å². The maximum absolute atomic E-state index is 12.0. The molecular weight excluding hydrogens is 322 g/mol. The second-order valence-corrected chi connectivity index (χ2v) is 6.61. The van der Waals surface area contributed by atoms with Crippen LogP contribution in [0.25, 0.3) is 0 Å². The van der Waals surface area contributed by atoms with E-state index in [1.807, 2.05) is 18.2 Å². The van der Waals surface area contributed by atoms with Crippen molar-refractivity contribution in [3.8, 4) is 0 Å². The third-order valence-electron chi connectivity index (χ3n) is 3.45. The summed E-state index contributed by atoms with van der Waals surface area (Å²) in [6.07, 6.45) is 2.97. The van der Waals surface area contributed by atoms with Crippen LogP contribution in [0, 0.1) is 0 Å². The van der Waals surface area contributed by atoms with Crippen LogP contribution in [-0.4, -0.2) is 35.7 Å². The van der Waals surface area contributed by atoms with Gasteiger partial charge in [-0.05, 0) is 12.5 Å². The van der Waals surface area contributed by atoms with Crippen molar-refractivity contribution >= 4 is 35.2 Å². The molecule has 1 heterocycles. The predicted molar refractivity (Wildman–Crippen MR) is 88.8 cm³/mol. The van der Waals surface area contributed by atoms with Crippen LogP contribution in [0.4, 0.5) is 0 Å². The number of hydrogen-bond donors (Lipinski definition) is 0. The van der Waals surface area contributed by atoms with E-state index in [1.165, 1.54) is 11.8 Å². The lowest BCUT2D eigenvalue weighted by atomic mass is 10.2. The number of carbonyl (C=O) groups is 2. The van der Waals surface area contributed by atoms with Crippen LogP contribution < -0.4 is 0 Å². The highest BCUT2D eigenvalue weighted by atomic mass is 35.5. The Kier molecular flexibility index (Phi) is 6.58. The molecule has 1 amide bonds. The van der Waals surface area contributed by atoms with E-state index < -0.39 is 0 Å². The fourth-order valence-electron chi connectivity index (χ4n) is 2.28. The molecule has 4 nitrogen and oxygen atoms in total. The Hall–Kier alpha value is -1.20. The minimum atomic E-state index is -0.357. The second-order valence-electron chi connectivity index (χ2n) is 5.13. The first-order valence-electron chi connectivity index (χ1n) is 7.44. The molecule has 0 aliphatic carbocycles. The first-order valence-corrected chi connectivity index (χ1v) is 8.87. The molecule has 1 fully saturated rings. The monoisotopic (exact) mass is 341 g/mol. The van der Waals surface area contributed by atoms with Gasteiger partial charge in [-0.2, -0.15) is 0 Å². The highest BCUT2D eigenvalue weighted by Gasteiger charge is 2.35. The van der Waals surface area contributed by atoms with Crippen molar-refractivity contribution in [3.05, 3.63) is 34.9 Å². The van der Waals surface area contributed by atoms with E-state index >= 15 is 0 Å². The molecule has 0 spiro atoms. The van der Waals surface area contributed by atoms with Gasteiger partial charge in [0, 0.05) is 10.6 Å². The number of unbranched alkanes of at least 4 members (excludes halogenated alkanes) is 2. The molecule has 1 aliphatic heterocycles. The van der Waals surface area contributed by atoms with Gasteiger partial charge in [0.15, 0.2) is 0 Å². The van der Waals surface area contributed by atoms with Crippen LogP contribution in [-0.2, 0) is 14.3 Å². The van der Waals surface area contributed by atoms with E-state index in [2.05, 4.69) is 6.92 Å². The molecule has 0 bridgehead atoms. The summed E-state index contributed by atoms with van der Waals surface area (Å²) in [6, 6.07) is 7.41. The number of halogens is 1. The summed E-state index contributed by atoms with van der Waals surface area (Å²) >= 11 is 7.69. The molecule has 1 aliphatic rings. The van der Waals surface area contributed by atoms with E-state index in [-0.39, 0.29) is 23.8 Å². The zero-order valence-corrected chi connectivity index (χ0v) is 14.2. The fourth-order valence-corrected chi connectivity index (χ4v) is 3.81. The Balaban J connectivity index is 1.97. The van der Waals surface area contributed by atoms with E-state index in [4.69, 9.17) is 16.3 Å². The molecule has 0 saturated carbocycles. The van der Waals surface area contributed by atoms with Crippen LogP contribution in [0.15, 0.2) is 24.3 Å². The van der Waals surface area contributed by atoms with Crippen molar-refractivity contribution < 1.29 is 14.3 Å². The van der Waals surface area contributed by atoms with Crippen LogP contribution in [0.2, 0.25) is 5.02 Å². The SMILES string of the molecule is CCCCCOC(=O)CN1C(=O)CSC1c1ccccc1Cl. The summed E-state index contributed by atoms with van der Waals surface area (Å²) < 4.78 is 5.19. The largest absolute Gasteiger partial charge is 0.464 e. The minimum absolute atomic E-state index is 0.0200. The van der Waals surface area contributed by atoms with E-state index in [1.54, 1.807) is 11.0 Å². The maximum atomic E-state index is 12.0. The number of nitrogens with zero attached hydrogens (tertiary/aromatic N) is 1. The van der Waals surface area contributed by atoms with Gasteiger partial charge in [-0.15, -0.1) is 11.8 Å². The molecule has 0 radical (unpaired) electrons. The van der Waals surface area contributed by atoms with Crippen molar-refractivity contribution in [3.63, 3.8) is 0 Å². The Morgan fingerprint density at radius 3 is 2.91 bits per heavy atom. The maximum Gasteiger partial charge on any atom is 0.325 e. The van der Waals surface area contributed by atoms with Crippen molar-refractivity contribution in [2.75, 3.05) is 18.9 Å². The summed E-state index contributed by atoms with van der Waals surface area (Å²) in [4.78, 5) is 25.5. The second kappa shape index (κ2) is 8.44. The number of thioether (sulfide) groups is 1.